The number of rotatable bonds is 7. The molecule has 1 fully saturated rings. The van der Waals surface area contributed by atoms with Gasteiger partial charge in [0.2, 0.25) is 0 Å². The molecule has 8 nitrogen and oxygen atoms in total. The van der Waals surface area contributed by atoms with E-state index >= 15 is 0 Å². The number of carbonyl (C=O) groups is 1. The molecule has 36 heavy (non-hydrogen) atoms. The van der Waals surface area contributed by atoms with E-state index in [0.717, 1.165) is 5.56 Å². The Kier molecular flexibility index (Phi) is 6.92. The van der Waals surface area contributed by atoms with Crippen LogP contribution in [0.25, 0.3) is 16.9 Å². The lowest BCUT2D eigenvalue weighted by atomic mass is 10.1. The number of methoxy groups -OCH3 is 1. The number of hydrogen-bond donors (Lipinski definition) is 0. The van der Waals surface area contributed by atoms with Crippen molar-refractivity contribution in [1.29, 1.82) is 0 Å². The van der Waals surface area contributed by atoms with Crippen molar-refractivity contribution in [2.75, 3.05) is 39.9 Å². The molecule has 0 saturated carbocycles. The molecular weight excluding hydrogens is 461 g/mol. The molecular formula is C27H28FN5O3. The van der Waals surface area contributed by atoms with Crippen molar-refractivity contribution >= 4 is 5.91 Å². The lowest BCUT2D eigenvalue weighted by molar-refractivity contribution is 0.0627. The molecule has 0 atom stereocenters. The molecule has 2 aromatic carbocycles. The van der Waals surface area contributed by atoms with Gasteiger partial charge in [0.1, 0.15) is 11.5 Å². The van der Waals surface area contributed by atoms with Gasteiger partial charge in [0, 0.05) is 58.8 Å². The summed E-state index contributed by atoms with van der Waals surface area (Å²) in [6.07, 6.45) is 3.50. The van der Waals surface area contributed by atoms with Gasteiger partial charge in [0.25, 0.3) is 11.5 Å². The Hall–Kier alpha value is -3.82. The summed E-state index contributed by atoms with van der Waals surface area (Å²) in [5.74, 6) is -0.395. The lowest BCUT2D eigenvalue weighted by Gasteiger charge is -2.35. The lowest BCUT2D eigenvalue weighted by Crippen LogP contribution is -2.48. The number of hydrogen-bond acceptors (Lipinski definition) is 5. The van der Waals surface area contributed by atoms with E-state index in [1.165, 1.54) is 16.8 Å². The molecule has 1 amide bonds. The fraction of sp³-hybridized carbons (Fsp3) is 0.296. The highest BCUT2D eigenvalue weighted by molar-refractivity contribution is 6.00. The molecule has 5 rings (SSSR count). The van der Waals surface area contributed by atoms with Crippen LogP contribution in [-0.2, 0) is 17.8 Å². The first-order valence-electron chi connectivity index (χ1n) is 12.0. The van der Waals surface area contributed by atoms with E-state index in [9.17, 15) is 14.0 Å². The summed E-state index contributed by atoms with van der Waals surface area (Å²) in [7, 11) is 1.61. The van der Waals surface area contributed by atoms with Gasteiger partial charge in [-0.15, -0.1) is 0 Å². The highest BCUT2D eigenvalue weighted by Crippen LogP contribution is 2.24. The van der Waals surface area contributed by atoms with Crippen LogP contribution in [0.1, 0.15) is 15.9 Å². The number of benzene rings is 2. The van der Waals surface area contributed by atoms with E-state index in [1.807, 2.05) is 39.8 Å². The fourth-order valence-electron chi connectivity index (χ4n) is 4.51. The van der Waals surface area contributed by atoms with Crippen LogP contribution in [-0.4, -0.2) is 70.0 Å². The molecule has 2 aromatic rings. The fourth-order valence-corrected chi connectivity index (χ4v) is 4.51. The second kappa shape index (κ2) is 10.4. The number of halogens is 1. The number of para-hydroxylation sites is 1. The van der Waals surface area contributed by atoms with Crippen LogP contribution in [0.4, 0.5) is 4.39 Å². The van der Waals surface area contributed by atoms with Crippen LogP contribution in [0.3, 0.4) is 0 Å². The van der Waals surface area contributed by atoms with Crippen molar-refractivity contribution in [3.8, 4) is 16.9 Å². The topological polar surface area (TPSA) is 72.6 Å². The number of piperazine rings is 1. The Bertz CT molecular complexity index is 1360. The number of amides is 1. The molecule has 9 heteroatoms. The second-order valence-electron chi connectivity index (χ2n) is 8.91. The molecule has 0 radical (unpaired) electrons. The average Bonchev–Trinajstić information content (AvgIpc) is 3.25. The van der Waals surface area contributed by atoms with Crippen molar-refractivity contribution in [3.05, 3.63) is 94.3 Å². The first kappa shape index (κ1) is 23.9. The maximum atomic E-state index is 13.7. The third kappa shape index (κ3) is 4.93. The minimum atomic E-state index is -0.263. The van der Waals surface area contributed by atoms with Gasteiger partial charge in [-0.1, -0.05) is 30.3 Å². The number of ether oxygens (including phenoxy) is 1. The van der Waals surface area contributed by atoms with Crippen LogP contribution >= 0.6 is 0 Å². The normalized spacial score (nSPS) is 14.4. The number of nitrogens with zero attached hydrogens (tertiary/aromatic N) is 5. The Morgan fingerprint density at radius 1 is 1.00 bits per heavy atom. The number of aromatic nitrogens is 3. The second-order valence-corrected chi connectivity index (χ2v) is 8.91. The van der Waals surface area contributed by atoms with E-state index < -0.39 is 0 Å². The zero-order chi connectivity index (χ0) is 25.1. The van der Waals surface area contributed by atoms with E-state index in [0.29, 0.717) is 68.4 Å². The quantitative estimate of drug-likeness (QED) is 0.399. The molecule has 3 heterocycles. The van der Waals surface area contributed by atoms with Gasteiger partial charge < -0.3 is 14.2 Å². The van der Waals surface area contributed by atoms with E-state index in [1.54, 1.807) is 31.6 Å². The summed E-state index contributed by atoms with van der Waals surface area (Å²) in [5.41, 5.74) is 2.63. The Balaban J connectivity index is 1.40. The standard InChI is InChI=1S/C27H28FN5O3/c1-36-16-15-31-18-23(25-24(19-31)27(35)33(29-25)22-5-3-2-4-6-22)26(34)32-13-11-30(12-14-32)17-20-7-9-21(28)10-8-20/h2-10,18-19H,11-17H2,1H3. The third-order valence-electron chi connectivity index (χ3n) is 6.49. The summed E-state index contributed by atoms with van der Waals surface area (Å²) in [4.78, 5) is 31.0. The molecule has 186 valence electrons. The molecule has 1 saturated heterocycles. The molecule has 3 aliphatic heterocycles. The smallest absolute Gasteiger partial charge is 0.282 e. The van der Waals surface area contributed by atoms with Crippen molar-refractivity contribution in [2.45, 2.75) is 13.1 Å². The van der Waals surface area contributed by atoms with Crippen LogP contribution in [0.15, 0.2) is 71.8 Å². The van der Waals surface area contributed by atoms with E-state index in [4.69, 9.17) is 4.74 Å². The van der Waals surface area contributed by atoms with Crippen molar-refractivity contribution < 1.29 is 13.9 Å². The van der Waals surface area contributed by atoms with Gasteiger partial charge in [0.05, 0.1) is 23.4 Å². The molecule has 0 spiro atoms. The Morgan fingerprint density at radius 3 is 2.42 bits per heavy atom. The summed E-state index contributed by atoms with van der Waals surface area (Å²) >= 11 is 0. The molecule has 0 aromatic heterocycles. The van der Waals surface area contributed by atoms with Gasteiger partial charge in [-0.25, -0.2) is 4.39 Å². The summed E-state index contributed by atoms with van der Waals surface area (Å²) < 4.78 is 21.6. The monoisotopic (exact) mass is 489 g/mol. The maximum absolute atomic E-state index is 13.7. The first-order chi connectivity index (χ1) is 17.5. The number of carbonyl (C=O) groups excluding carboxylic acids is 1. The Morgan fingerprint density at radius 2 is 1.72 bits per heavy atom. The van der Waals surface area contributed by atoms with Gasteiger partial charge in [-0.2, -0.15) is 9.78 Å². The van der Waals surface area contributed by atoms with Gasteiger partial charge in [0.15, 0.2) is 0 Å². The van der Waals surface area contributed by atoms with Crippen LogP contribution in [0.2, 0.25) is 0 Å². The zero-order valence-electron chi connectivity index (χ0n) is 20.1. The zero-order valence-corrected chi connectivity index (χ0v) is 20.1. The summed E-state index contributed by atoms with van der Waals surface area (Å²) in [6, 6.07) is 15.7. The van der Waals surface area contributed by atoms with Gasteiger partial charge in [-0.3, -0.25) is 14.5 Å². The van der Waals surface area contributed by atoms with E-state index in [2.05, 4.69) is 10.00 Å². The molecule has 0 bridgehead atoms. The van der Waals surface area contributed by atoms with Crippen LogP contribution in [0, 0.1) is 5.82 Å². The predicted molar refractivity (Wildman–Crippen MR) is 134 cm³/mol. The SMILES string of the molecule is COCCn1cc(C(=O)N2CCN(Cc3ccc(F)cc3)CC2)c2nn(-c3ccccc3)c(=O)c-2c1. The van der Waals surface area contributed by atoms with Crippen molar-refractivity contribution in [2.24, 2.45) is 0 Å². The van der Waals surface area contributed by atoms with E-state index in [-0.39, 0.29) is 17.3 Å². The minimum absolute atomic E-state index is 0.147. The summed E-state index contributed by atoms with van der Waals surface area (Å²) in [6.45, 7) is 4.18. The average molecular weight is 490 g/mol. The van der Waals surface area contributed by atoms with Crippen LogP contribution in [0.5, 0.6) is 0 Å². The molecule has 0 N–H and O–H groups in total. The summed E-state index contributed by atoms with van der Waals surface area (Å²) in [5, 5.41) is 4.57. The van der Waals surface area contributed by atoms with Gasteiger partial charge >= 0.3 is 0 Å². The Labute approximate surface area is 208 Å². The predicted octanol–water partition coefficient (Wildman–Crippen LogP) is 2.88. The maximum Gasteiger partial charge on any atom is 0.282 e. The highest BCUT2D eigenvalue weighted by Gasteiger charge is 2.29. The molecule has 0 aliphatic carbocycles. The van der Waals surface area contributed by atoms with Crippen LogP contribution < -0.4 is 5.56 Å². The third-order valence-corrected chi connectivity index (χ3v) is 6.49. The molecule has 0 unspecified atom stereocenters. The van der Waals surface area contributed by atoms with Gasteiger partial charge in [-0.05, 0) is 29.8 Å². The number of pyridine rings is 1. The van der Waals surface area contributed by atoms with Crippen molar-refractivity contribution in [3.63, 3.8) is 0 Å². The first-order valence-corrected chi connectivity index (χ1v) is 12.0. The molecule has 3 aliphatic rings. The minimum Gasteiger partial charge on any atom is -0.383 e. The largest absolute Gasteiger partial charge is 0.383 e. The number of fused-ring (bicyclic) bond motifs is 1. The highest BCUT2D eigenvalue weighted by atomic mass is 19.1. The van der Waals surface area contributed by atoms with Crippen molar-refractivity contribution in [1.82, 2.24) is 24.1 Å².